The number of nitrogens with one attached hydrogen (secondary N) is 1. The SMILES string of the molecule is Cc1c(-c2ccccc2)nc2ccc(Br)cc2c1C(=O)NC12CCC(C(=O)OC(C)(C)C)(C=C1c1cc(F)ccc1OC(F)(F)F)CC2. The number of ether oxygens (including phenoxy) is 2. The molecule has 1 fully saturated rings. The van der Waals surface area contributed by atoms with Gasteiger partial charge in [-0.25, -0.2) is 9.37 Å². The highest BCUT2D eigenvalue weighted by Gasteiger charge is 2.55. The predicted molar refractivity (Wildman–Crippen MR) is 178 cm³/mol. The number of halogens is 5. The zero-order valence-electron chi connectivity index (χ0n) is 26.7. The van der Waals surface area contributed by atoms with E-state index < -0.39 is 46.4 Å². The van der Waals surface area contributed by atoms with Crippen LogP contribution in [-0.4, -0.2) is 34.4 Å². The molecule has 3 aliphatic rings. The molecule has 1 N–H and O–H groups in total. The van der Waals surface area contributed by atoms with Gasteiger partial charge in [0.05, 0.1) is 27.7 Å². The van der Waals surface area contributed by atoms with Crippen molar-refractivity contribution >= 4 is 44.3 Å². The lowest BCUT2D eigenvalue weighted by atomic mass is 9.57. The first-order chi connectivity index (χ1) is 22.5. The topological polar surface area (TPSA) is 77.5 Å². The largest absolute Gasteiger partial charge is 0.573 e. The molecule has 1 amide bonds. The number of hydrogen-bond acceptors (Lipinski definition) is 5. The van der Waals surface area contributed by atoms with Crippen molar-refractivity contribution in [3.05, 3.63) is 99.8 Å². The molecule has 3 aromatic carbocycles. The molecular formula is C37H33BrF4N2O4. The number of benzene rings is 3. The van der Waals surface area contributed by atoms with Gasteiger partial charge in [0, 0.05) is 21.0 Å². The van der Waals surface area contributed by atoms with E-state index in [0.717, 1.165) is 28.2 Å². The Hall–Kier alpha value is -4.25. The number of alkyl halides is 3. The molecule has 0 saturated heterocycles. The molecule has 0 spiro atoms. The van der Waals surface area contributed by atoms with Gasteiger partial charge >= 0.3 is 12.3 Å². The average molecular weight is 726 g/mol. The van der Waals surface area contributed by atoms with E-state index in [1.165, 1.54) is 0 Å². The van der Waals surface area contributed by atoms with E-state index in [1.54, 1.807) is 45.9 Å². The number of aromatic nitrogens is 1. The zero-order valence-corrected chi connectivity index (χ0v) is 28.3. The fourth-order valence-corrected chi connectivity index (χ4v) is 7.19. The normalized spacial score (nSPS) is 20.7. The summed E-state index contributed by atoms with van der Waals surface area (Å²) in [5.41, 5.74) is -0.396. The molecule has 1 heterocycles. The third kappa shape index (κ3) is 6.44. The summed E-state index contributed by atoms with van der Waals surface area (Å²) in [6.07, 6.45) is -2.64. The molecule has 6 nitrogen and oxygen atoms in total. The number of carbonyl (C=O) groups is 2. The van der Waals surface area contributed by atoms with Crippen molar-refractivity contribution in [3.8, 4) is 17.0 Å². The second-order valence-corrected chi connectivity index (χ2v) is 14.3. The molecule has 11 heteroatoms. The minimum absolute atomic E-state index is 0.165. The van der Waals surface area contributed by atoms with E-state index in [0.29, 0.717) is 27.7 Å². The van der Waals surface area contributed by atoms with Crippen molar-refractivity contribution in [2.24, 2.45) is 5.41 Å². The lowest BCUT2D eigenvalue weighted by Crippen LogP contribution is -2.58. The maximum absolute atomic E-state index is 14.8. The maximum Gasteiger partial charge on any atom is 0.573 e. The highest BCUT2D eigenvalue weighted by molar-refractivity contribution is 9.10. The standard InChI is InChI=1S/C37H33BrF4N2O4/c1-21-30(26-18-23(38)10-12-28(26)43-31(21)22-8-6-5-7-9-22)32(45)44-36-16-14-35(15-17-36,33(46)48-34(2,3)4)20-27(36)25-19-24(39)11-13-29(25)47-37(40,41)42/h5-13,18-20H,14-17H2,1-4H3,(H,44,45). The number of rotatable bonds is 6. The van der Waals surface area contributed by atoms with E-state index in [-0.39, 0.29) is 36.8 Å². The second-order valence-electron chi connectivity index (χ2n) is 13.4. The minimum Gasteiger partial charge on any atom is -0.459 e. The Labute approximate surface area is 283 Å². The van der Waals surface area contributed by atoms with Gasteiger partial charge in [-0.1, -0.05) is 52.3 Å². The molecule has 0 unspecified atom stereocenters. The Kier molecular flexibility index (Phi) is 8.42. The Morgan fingerprint density at radius 2 is 1.62 bits per heavy atom. The van der Waals surface area contributed by atoms with Gasteiger partial charge in [-0.2, -0.15) is 0 Å². The van der Waals surface area contributed by atoms with Crippen LogP contribution < -0.4 is 10.1 Å². The summed E-state index contributed by atoms with van der Waals surface area (Å²) in [7, 11) is 0. The number of hydrogen-bond donors (Lipinski definition) is 1. The molecule has 2 bridgehead atoms. The second kappa shape index (κ2) is 12.0. The first-order valence-corrected chi connectivity index (χ1v) is 16.3. The maximum atomic E-state index is 14.8. The fraction of sp³-hybridized carbons (Fsp3) is 0.324. The van der Waals surface area contributed by atoms with Crippen molar-refractivity contribution in [1.29, 1.82) is 0 Å². The molecular weight excluding hydrogens is 692 g/mol. The molecule has 7 rings (SSSR count). The molecule has 250 valence electrons. The highest BCUT2D eigenvalue weighted by atomic mass is 79.9. The van der Waals surface area contributed by atoms with Crippen LogP contribution in [0.2, 0.25) is 0 Å². The molecule has 3 aliphatic carbocycles. The Morgan fingerprint density at radius 1 is 0.938 bits per heavy atom. The van der Waals surface area contributed by atoms with Crippen molar-refractivity contribution in [2.75, 3.05) is 0 Å². The number of nitrogens with zero attached hydrogens (tertiary/aromatic N) is 1. The van der Waals surface area contributed by atoms with Crippen LogP contribution >= 0.6 is 15.9 Å². The molecule has 4 aromatic rings. The quantitative estimate of drug-likeness (QED) is 0.158. The van der Waals surface area contributed by atoms with Gasteiger partial charge in [0.25, 0.3) is 5.91 Å². The summed E-state index contributed by atoms with van der Waals surface area (Å²) >= 11 is 3.50. The average Bonchev–Trinajstić information content (AvgIpc) is 3.01. The van der Waals surface area contributed by atoms with Crippen LogP contribution in [-0.2, 0) is 9.53 Å². The first-order valence-electron chi connectivity index (χ1n) is 15.5. The van der Waals surface area contributed by atoms with Crippen molar-refractivity contribution < 1.29 is 36.6 Å². The van der Waals surface area contributed by atoms with Gasteiger partial charge in [-0.3, -0.25) is 9.59 Å². The van der Waals surface area contributed by atoms with E-state index in [9.17, 15) is 27.2 Å². The lowest BCUT2D eigenvalue weighted by molar-refractivity contribution is -0.274. The van der Waals surface area contributed by atoms with Crippen molar-refractivity contribution in [1.82, 2.24) is 10.3 Å². The summed E-state index contributed by atoms with van der Waals surface area (Å²) in [5.74, 6) is -2.46. The number of pyridine rings is 1. The summed E-state index contributed by atoms with van der Waals surface area (Å²) < 4.78 is 66.5. The van der Waals surface area contributed by atoms with Gasteiger partial charge in [0.2, 0.25) is 0 Å². The molecule has 0 radical (unpaired) electrons. The number of carbonyl (C=O) groups excluding carboxylic acids is 2. The molecule has 1 aromatic heterocycles. The van der Waals surface area contributed by atoms with Crippen molar-refractivity contribution in [3.63, 3.8) is 0 Å². The van der Waals surface area contributed by atoms with Gasteiger partial charge in [0.1, 0.15) is 17.2 Å². The molecule has 0 aliphatic heterocycles. The fourth-order valence-electron chi connectivity index (χ4n) is 6.83. The van der Waals surface area contributed by atoms with Gasteiger partial charge in [0.15, 0.2) is 0 Å². The zero-order chi connectivity index (χ0) is 34.6. The van der Waals surface area contributed by atoms with E-state index in [1.807, 2.05) is 36.4 Å². The third-order valence-corrected chi connectivity index (χ3v) is 9.51. The van der Waals surface area contributed by atoms with Crippen LogP contribution in [0.3, 0.4) is 0 Å². The van der Waals surface area contributed by atoms with Gasteiger partial charge < -0.3 is 14.8 Å². The van der Waals surface area contributed by atoms with Crippen LogP contribution in [0, 0.1) is 18.2 Å². The van der Waals surface area contributed by atoms with Crippen LogP contribution in [0.1, 0.15) is 67.9 Å². The summed E-state index contributed by atoms with van der Waals surface area (Å²) in [6.45, 7) is 6.99. The van der Waals surface area contributed by atoms with Gasteiger partial charge in [-0.05, 0) is 101 Å². The van der Waals surface area contributed by atoms with E-state index >= 15 is 0 Å². The Morgan fingerprint density at radius 3 is 2.27 bits per heavy atom. The number of fused-ring (bicyclic) bond motifs is 3. The summed E-state index contributed by atoms with van der Waals surface area (Å²) in [5, 5.41) is 3.74. The van der Waals surface area contributed by atoms with Crippen LogP contribution in [0.25, 0.3) is 27.7 Å². The van der Waals surface area contributed by atoms with Crippen LogP contribution in [0.5, 0.6) is 5.75 Å². The van der Waals surface area contributed by atoms with Gasteiger partial charge in [-0.15, -0.1) is 13.2 Å². The van der Waals surface area contributed by atoms with Crippen molar-refractivity contribution in [2.45, 2.75) is 70.9 Å². The number of amides is 1. The Balaban J connectivity index is 1.52. The monoisotopic (exact) mass is 724 g/mol. The molecule has 48 heavy (non-hydrogen) atoms. The molecule has 0 atom stereocenters. The number of esters is 1. The van der Waals surface area contributed by atoms with Crippen LogP contribution in [0.15, 0.2) is 77.3 Å². The highest BCUT2D eigenvalue weighted by Crippen LogP contribution is 2.56. The predicted octanol–water partition coefficient (Wildman–Crippen LogP) is 9.48. The summed E-state index contributed by atoms with van der Waals surface area (Å²) in [6, 6.07) is 17.6. The first kappa shape index (κ1) is 33.6. The van der Waals surface area contributed by atoms with E-state index in [4.69, 9.17) is 9.72 Å². The molecule has 1 saturated carbocycles. The minimum atomic E-state index is -5.08. The van der Waals surface area contributed by atoms with Crippen LogP contribution in [0.4, 0.5) is 17.6 Å². The van der Waals surface area contributed by atoms with E-state index in [2.05, 4.69) is 26.0 Å². The lowest BCUT2D eigenvalue weighted by Gasteiger charge is -2.52. The smallest absolute Gasteiger partial charge is 0.459 e. The summed E-state index contributed by atoms with van der Waals surface area (Å²) in [4.78, 5) is 33.1. The third-order valence-electron chi connectivity index (χ3n) is 9.01. The Bertz CT molecular complexity index is 1960.